The van der Waals surface area contributed by atoms with Crippen molar-refractivity contribution in [1.82, 2.24) is 0 Å². The second-order valence-corrected chi connectivity index (χ2v) is 4.16. The van der Waals surface area contributed by atoms with Crippen molar-refractivity contribution in [2.24, 2.45) is 0 Å². The number of nitriles is 1. The number of hydrogen-bond donors (Lipinski definition) is 0. The highest BCUT2D eigenvalue weighted by molar-refractivity contribution is 5.12. The van der Waals surface area contributed by atoms with Crippen LogP contribution in [0.25, 0.3) is 0 Å². The molecule has 74 valence electrons. The zero-order valence-electron chi connectivity index (χ0n) is 6.22. The van der Waals surface area contributed by atoms with E-state index in [-0.39, 0.29) is 0 Å². The molecule has 1 nitrogen and oxygen atoms in total. The molecule has 0 aliphatic rings. The molecule has 0 fully saturated rings. The third kappa shape index (κ3) is 1.66. The second-order valence-electron chi connectivity index (χ2n) is 2.06. The van der Waals surface area contributed by atoms with Crippen LogP contribution in [0.1, 0.15) is 0 Å². The van der Waals surface area contributed by atoms with Crippen molar-refractivity contribution in [2.45, 2.75) is 0 Å². The standard InChI is InChI=1S/C7F5IN/c8-2-3(9)5(11)7(13-1-14)6(12)4(2)10/q+1. The fourth-order valence-corrected chi connectivity index (χ4v) is 1.89. The lowest BCUT2D eigenvalue weighted by Gasteiger charge is -1.97. The maximum atomic E-state index is 12.7. The number of halogens is 6. The average Bonchev–Trinajstić information content (AvgIpc) is 2.19. The number of rotatable bonds is 1. The molecule has 0 aliphatic heterocycles. The average molecular weight is 320 g/mol. The third-order valence-corrected chi connectivity index (χ3v) is 3.02. The van der Waals surface area contributed by atoms with Gasteiger partial charge in [-0.15, -0.1) is 5.26 Å². The molecule has 0 aromatic heterocycles. The van der Waals surface area contributed by atoms with Gasteiger partial charge in [-0.05, 0) is 0 Å². The fourth-order valence-electron chi connectivity index (χ4n) is 0.703. The monoisotopic (exact) mass is 320 g/mol. The van der Waals surface area contributed by atoms with Gasteiger partial charge in [-0.25, -0.2) is 13.2 Å². The number of benzene rings is 1. The third-order valence-electron chi connectivity index (χ3n) is 1.29. The number of hydrogen-bond acceptors (Lipinski definition) is 1. The Labute approximate surface area is 85.4 Å². The molecule has 0 spiro atoms. The topological polar surface area (TPSA) is 23.8 Å². The Morgan fingerprint density at radius 1 is 0.786 bits per heavy atom. The van der Waals surface area contributed by atoms with Gasteiger partial charge in [0, 0.05) is 0 Å². The van der Waals surface area contributed by atoms with Crippen molar-refractivity contribution in [2.75, 3.05) is 0 Å². The quantitative estimate of drug-likeness (QED) is 0.285. The SMILES string of the molecule is N#C[I+]c1c(F)c(F)c(F)c(F)c1F. The zero-order valence-corrected chi connectivity index (χ0v) is 8.37. The van der Waals surface area contributed by atoms with Crippen LogP contribution in [-0.2, 0) is 0 Å². The van der Waals surface area contributed by atoms with E-state index in [0.717, 1.165) is 0 Å². The predicted molar refractivity (Wildman–Crippen MR) is 30.5 cm³/mol. The van der Waals surface area contributed by atoms with Crippen molar-refractivity contribution >= 4 is 0 Å². The van der Waals surface area contributed by atoms with Gasteiger partial charge in [-0.1, -0.05) is 0 Å². The Morgan fingerprint density at radius 3 is 1.50 bits per heavy atom. The van der Waals surface area contributed by atoms with Crippen LogP contribution in [-0.4, -0.2) is 0 Å². The molecule has 0 N–H and O–H groups in total. The first-order chi connectivity index (χ1) is 6.50. The van der Waals surface area contributed by atoms with Crippen LogP contribution in [0.2, 0.25) is 0 Å². The Balaban J connectivity index is 3.53. The highest BCUT2D eigenvalue weighted by Crippen LogP contribution is 2.17. The van der Waals surface area contributed by atoms with E-state index in [1.54, 1.807) is 0 Å². The summed E-state index contributed by atoms with van der Waals surface area (Å²) in [6.45, 7) is 0. The molecular formula is C7F5IN+. The summed E-state index contributed by atoms with van der Waals surface area (Å²) in [5.41, 5.74) is 0. The van der Waals surface area contributed by atoms with E-state index in [1.165, 1.54) is 4.08 Å². The maximum Gasteiger partial charge on any atom is 0.456 e. The largest absolute Gasteiger partial charge is 0.456 e. The first-order valence-electron chi connectivity index (χ1n) is 3.05. The molecule has 1 aromatic carbocycles. The minimum Gasteiger partial charge on any atom is -0.200 e. The van der Waals surface area contributed by atoms with Crippen LogP contribution >= 0.6 is 0 Å². The van der Waals surface area contributed by atoms with E-state index in [9.17, 15) is 22.0 Å². The van der Waals surface area contributed by atoms with E-state index in [0.29, 0.717) is 0 Å². The Bertz CT molecular complexity index is 396. The van der Waals surface area contributed by atoms with Crippen molar-refractivity contribution in [1.29, 1.82) is 5.26 Å². The van der Waals surface area contributed by atoms with E-state index in [4.69, 9.17) is 5.26 Å². The summed E-state index contributed by atoms with van der Waals surface area (Å²) in [6, 6.07) is 0. The lowest BCUT2D eigenvalue weighted by atomic mass is 10.3. The number of nitrogens with zero attached hydrogens (tertiary/aromatic N) is 1. The summed E-state index contributed by atoms with van der Waals surface area (Å²) in [5.74, 6) is -10.0. The van der Waals surface area contributed by atoms with Gasteiger partial charge in [0.2, 0.25) is 29.1 Å². The van der Waals surface area contributed by atoms with Gasteiger partial charge in [0.15, 0.2) is 0 Å². The minimum atomic E-state index is -2.20. The van der Waals surface area contributed by atoms with Crippen LogP contribution in [0.3, 0.4) is 0 Å². The Hall–Kier alpha value is -0.910. The summed E-state index contributed by atoms with van der Waals surface area (Å²) < 4.78 is 63.3. The molecule has 7 heteroatoms. The molecule has 0 unspecified atom stereocenters. The molecule has 0 radical (unpaired) electrons. The highest BCUT2D eigenvalue weighted by Gasteiger charge is 2.34. The molecule has 0 bridgehead atoms. The van der Waals surface area contributed by atoms with E-state index in [2.05, 4.69) is 0 Å². The van der Waals surface area contributed by atoms with Gasteiger partial charge in [0.25, 0.3) is 3.57 Å². The van der Waals surface area contributed by atoms with Gasteiger partial charge in [-0.2, -0.15) is 8.78 Å². The molecule has 0 amide bonds. The summed E-state index contributed by atoms with van der Waals surface area (Å²) in [6.07, 6.45) is 0. The lowest BCUT2D eigenvalue weighted by molar-refractivity contribution is -0.546. The minimum absolute atomic E-state index is 0.997. The lowest BCUT2D eigenvalue weighted by Crippen LogP contribution is -3.60. The molecule has 0 heterocycles. The normalized spacial score (nSPS) is 10.0. The molecule has 14 heavy (non-hydrogen) atoms. The van der Waals surface area contributed by atoms with E-state index < -0.39 is 53.9 Å². The molecule has 0 aliphatic carbocycles. The van der Waals surface area contributed by atoms with Crippen LogP contribution < -0.4 is 21.2 Å². The van der Waals surface area contributed by atoms with Gasteiger partial charge in [-0.3, -0.25) is 0 Å². The van der Waals surface area contributed by atoms with Crippen molar-refractivity contribution in [3.8, 4) is 4.08 Å². The van der Waals surface area contributed by atoms with Crippen molar-refractivity contribution in [3.63, 3.8) is 0 Å². The molecular weight excluding hydrogens is 320 g/mol. The molecule has 0 saturated heterocycles. The second kappa shape index (κ2) is 4.08. The Kier molecular flexibility index (Phi) is 3.25. The fraction of sp³-hybridized carbons (Fsp3) is 0. The summed E-state index contributed by atoms with van der Waals surface area (Å²) in [5, 5.41) is 8.15. The smallest absolute Gasteiger partial charge is 0.200 e. The van der Waals surface area contributed by atoms with Gasteiger partial charge in [0.1, 0.15) is 0 Å². The maximum absolute atomic E-state index is 12.7. The molecule has 1 aromatic rings. The van der Waals surface area contributed by atoms with Crippen molar-refractivity contribution in [3.05, 3.63) is 32.7 Å². The molecule has 0 saturated carbocycles. The summed E-state index contributed by atoms with van der Waals surface area (Å²) in [4.78, 5) is 0. The van der Waals surface area contributed by atoms with Crippen LogP contribution in [0.15, 0.2) is 0 Å². The van der Waals surface area contributed by atoms with Gasteiger partial charge < -0.3 is 0 Å². The van der Waals surface area contributed by atoms with E-state index >= 15 is 0 Å². The van der Waals surface area contributed by atoms with Crippen molar-refractivity contribution < 1.29 is 43.2 Å². The highest BCUT2D eigenvalue weighted by atomic mass is 127. The Morgan fingerprint density at radius 2 is 1.14 bits per heavy atom. The first kappa shape index (κ1) is 11.2. The molecule has 0 atom stereocenters. The molecule has 1 rings (SSSR count). The zero-order chi connectivity index (χ0) is 10.9. The van der Waals surface area contributed by atoms with Crippen LogP contribution in [0, 0.1) is 42.0 Å². The van der Waals surface area contributed by atoms with Gasteiger partial charge >= 0.3 is 25.3 Å². The van der Waals surface area contributed by atoms with E-state index in [1.807, 2.05) is 0 Å². The van der Waals surface area contributed by atoms with Gasteiger partial charge in [0.05, 0.1) is 0 Å². The van der Waals surface area contributed by atoms with Crippen LogP contribution in [0.5, 0.6) is 0 Å². The summed E-state index contributed by atoms with van der Waals surface area (Å²) >= 11 is -1.85. The summed E-state index contributed by atoms with van der Waals surface area (Å²) in [7, 11) is 0. The first-order valence-corrected chi connectivity index (χ1v) is 5.20. The van der Waals surface area contributed by atoms with Crippen LogP contribution in [0.4, 0.5) is 22.0 Å². The predicted octanol–water partition coefficient (Wildman–Crippen LogP) is -0.878.